The van der Waals surface area contributed by atoms with Gasteiger partial charge in [0.1, 0.15) is 0 Å². The Morgan fingerprint density at radius 3 is 2.65 bits per heavy atom. The molecule has 0 aromatic heterocycles. The molecule has 3 aliphatic rings. The second kappa shape index (κ2) is 5.57. The van der Waals surface area contributed by atoms with Crippen molar-refractivity contribution in [3.63, 3.8) is 0 Å². The van der Waals surface area contributed by atoms with Crippen LogP contribution in [0.15, 0.2) is 0 Å². The molecule has 0 aromatic rings. The summed E-state index contributed by atoms with van der Waals surface area (Å²) in [4.78, 5) is 12.2. The molecule has 0 spiro atoms. The zero-order valence-corrected chi connectivity index (χ0v) is 13.2. The molecule has 0 unspecified atom stereocenters. The van der Waals surface area contributed by atoms with Gasteiger partial charge in [-0.15, -0.1) is 0 Å². The second-order valence-electron chi connectivity index (χ2n) is 7.55. The van der Waals surface area contributed by atoms with Gasteiger partial charge in [-0.1, -0.05) is 26.7 Å². The van der Waals surface area contributed by atoms with Crippen molar-refractivity contribution < 1.29 is 4.79 Å². The summed E-state index contributed by atoms with van der Waals surface area (Å²) < 4.78 is 0. The maximum atomic E-state index is 12.2. The quantitative estimate of drug-likeness (QED) is 0.811. The summed E-state index contributed by atoms with van der Waals surface area (Å²) in [6.45, 7) is 6.49. The Balaban J connectivity index is 1.51. The molecule has 0 saturated heterocycles. The fourth-order valence-corrected chi connectivity index (χ4v) is 5.15. The lowest BCUT2D eigenvalue weighted by molar-refractivity contribution is 0.194. The number of amides is 2. The molecule has 3 rings (SSSR count). The Morgan fingerprint density at radius 1 is 1.15 bits per heavy atom. The largest absolute Gasteiger partial charge is 0.335 e. The first kappa shape index (κ1) is 14.2. The third-order valence-electron chi connectivity index (χ3n) is 6.60. The van der Waals surface area contributed by atoms with Gasteiger partial charge in [-0.25, -0.2) is 4.79 Å². The topological polar surface area (TPSA) is 41.1 Å². The molecule has 2 amide bonds. The number of hydrogen-bond donors (Lipinski definition) is 2. The maximum Gasteiger partial charge on any atom is 0.315 e. The molecular weight excluding hydrogens is 248 g/mol. The Hall–Kier alpha value is -0.730. The molecule has 114 valence electrons. The van der Waals surface area contributed by atoms with E-state index in [0.29, 0.717) is 12.0 Å². The van der Waals surface area contributed by atoms with E-state index in [4.69, 9.17) is 0 Å². The van der Waals surface area contributed by atoms with Crippen LogP contribution in [-0.4, -0.2) is 18.1 Å². The predicted octanol–water partition coefficient (Wildman–Crippen LogP) is 3.54. The highest BCUT2D eigenvalue weighted by atomic mass is 16.2. The molecule has 0 aliphatic heterocycles. The van der Waals surface area contributed by atoms with Gasteiger partial charge < -0.3 is 10.6 Å². The van der Waals surface area contributed by atoms with Crippen molar-refractivity contribution in [2.45, 2.75) is 71.4 Å². The van der Waals surface area contributed by atoms with Gasteiger partial charge >= 0.3 is 6.03 Å². The number of carbonyl (C=O) groups excluding carboxylic acids is 1. The van der Waals surface area contributed by atoms with E-state index in [0.717, 1.165) is 30.1 Å². The van der Waals surface area contributed by atoms with Crippen molar-refractivity contribution in [1.82, 2.24) is 10.6 Å². The number of rotatable bonds is 4. The zero-order valence-electron chi connectivity index (χ0n) is 13.2. The van der Waals surface area contributed by atoms with Gasteiger partial charge in [0.05, 0.1) is 0 Å². The number of fused-ring (bicyclic) bond motifs is 5. The molecule has 2 N–H and O–H groups in total. The van der Waals surface area contributed by atoms with E-state index in [1.165, 1.54) is 32.1 Å². The van der Waals surface area contributed by atoms with Gasteiger partial charge in [-0.3, -0.25) is 0 Å². The fourth-order valence-electron chi connectivity index (χ4n) is 5.15. The monoisotopic (exact) mass is 278 g/mol. The molecule has 3 saturated carbocycles. The van der Waals surface area contributed by atoms with E-state index in [2.05, 4.69) is 31.4 Å². The SMILES string of the molecule is CC[C@H](C)[C@H](C)NC(=O)N[C@@H]1C[C@H]2C[C@H]1[C@@H]1CCC[C@@H]21. The van der Waals surface area contributed by atoms with Crippen molar-refractivity contribution in [2.24, 2.45) is 29.6 Å². The van der Waals surface area contributed by atoms with E-state index >= 15 is 0 Å². The zero-order chi connectivity index (χ0) is 14.3. The van der Waals surface area contributed by atoms with Crippen LogP contribution in [0.1, 0.15) is 59.3 Å². The summed E-state index contributed by atoms with van der Waals surface area (Å²) in [6.07, 6.45) is 8.01. The maximum absolute atomic E-state index is 12.2. The number of nitrogens with one attached hydrogen (secondary N) is 2. The van der Waals surface area contributed by atoms with Crippen LogP contribution in [0.5, 0.6) is 0 Å². The molecule has 0 radical (unpaired) electrons. The van der Waals surface area contributed by atoms with Gasteiger partial charge in [0.15, 0.2) is 0 Å². The standard InChI is InChI=1S/C17H30N2O/c1-4-10(2)11(3)18-17(20)19-16-9-12-8-15(16)14-7-5-6-13(12)14/h10-16H,4-9H2,1-3H3,(H2,18,19,20)/t10-,11-,12+,13-,14+,15-,16+/m0/s1. The minimum Gasteiger partial charge on any atom is -0.335 e. The van der Waals surface area contributed by atoms with Crippen LogP contribution in [0.4, 0.5) is 4.79 Å². The van der Waals surface area contributed by atoms with Crippen molar-refractivity contribution in [3.8, 4) is 0 Å². The Labute approximate surface area is 123 Å². The molecule has 3 fully saturated rings. The molecule has 0 aromatic carbocycles. The molecule has 3 nitrogen and oxygen atoms in total. The predicted molar refractivity (Wildman–Crippen MR) is 81.4 cm³/mol. The van der Waals surface area contributed by atoms with Crippen molar-refractivity contribution in [2.75, 3.05) is 0 Å². The van der Waals surface area contributed by atoms with Crippen LogP contribution in [0.3, 0.4) is 0 Å². The third-order valence-corrected chi connectivity index (χ3v) is 6.60. The molecule has 7 atom stereocenters. The Bertz CT molecular complexity index is 370. The van der Waals surface area contributed by atoms with Crippen molar-refractivity contribution in [1.29, 1.82) is 0 Å². The Morgan fingerprint density at radius 2 is 1.90 bits per heavy atom. The highest BCUT2D eigenvalue weighted by Gasteiger charge is 2.54. The molecule has 3 aliphatic carbocycles. The third kappa shape index (κ3) is 2.44. The molecular formula is C17H30N2O. The minimum atomic E-state index is 0.0601. The second-order valence-corrected chi connectivity index (χ2v) is 7.55. The van der Waals surface area contributed by atoms with Gasteiger partial charge in [-0.2, -0.15) is 0 Å². The Kier molecular flexibility index (Phi) is 3.96. The molecule has 0 heterocycles. The number of urea groups is 1. The smallest absolute Gasteiger partial charge is 0.315 e. The first-order chi connectivity index (χ1) is 9.60. The average Bonchev–Trinajstić information content (AvgIpc) is 3.08. The molecule has 3 heteroatoms. The lowest BCUT2D eigenvalue weighted by atomic mass is 9.79. The van der Waals surface area contributed by atoms with Crippen LogP contribution < -0.4 is 10.6 Å². The van der Waals surface area contributed by atoms with E-state index < -0.39 is 0 Å². The van der Waals surface area contributed by atoms with Gasteiger partial charge in [0, 0.05) is 12.1 Å². The number of hydrogen-bond acceptors (Lipinski definition) is 1. The van der Waals surface area contributed by atoms with Gasteiger partial charge in [0.25, 0.3) is 0 Å². The lowest BCUT2D eigenvalue weighted by Gasteiger charge is -2.32. The minimum absolute atomic E-state index is 0.0601. The molecule has 2 bridgehead atoms. The van der Waals surface area contributed by atoms with Crippen LogP contribution in [-0.2, 0) is 0 Å². The van der Waals surface area contributed by atoms with Crippen LogP contribution >= 0.6 is 0 Å². The molecule has 20 heavy (non-hydrogen) atoms. The van der Waals surface area contributed by atoms with Crippen LogP contribution in [0.2, 0.25) is 0 Å². The summed E-state index contributed by atoms with van der Waals surface area (Å²) >= 11 is 0. The summed E-state index contributed by atoms with van der Waals surface area (Å²) in [6, 6.07) is 0.770. The highest BCUT2D eigenvalue weighted by molar-refractivity contribution is 5.74. The summed E-state index contributed by atoms with van der Waals surface area (Å²) in [5.41, 5.74) is 0. The summed E-state index contributed by atoms with van der Waals surface area (Å²) in [7, 11) is 0. The number of carbonyl (C=O) groups is 1. The summed E-state index contributed by atoms with van der Waals surface area (Å²) in [5, 5.41) is 6.41. The average molecular weight is 278 g/mol. The normalized spacial score (nSPS) is 41.2. The van der Waals surface area contributed by atoms with E-state index in [1.54, 1.807) is 0 Å². The van der Waals surface area contributed by atoms with E-state index in [9.17, 15) is 4.79 Å². The van der Waals surface area contributed by atoms with Gasteiger partial charge in [0.2, 0.25) is 0 Å². The highest BCUT2D eigenvalue weighted by Crippen LogP contribution is 2.58. The van der Waals surface area contributed by atoms with Crippen LogP contribution in [0.25, 0.3) is 0 Å². The summed E-state index contributed by atoms with van der Waals surface area (Å²) in [5.74, 6) is 4.15. The van der Waals surface area contributed by atoms with E-state index in [-0.39, 0.29) is 12.1 Å². The van der Waals surface area contributed by atoms with Crippen molar-refractivity contribution in [3.05, 3.63) is 0 Å². The van der Waals surface area contributed by atoms with Gasteiger partial charge in [-0.05, 0) is 62.2 Å². The fraction of sp³-hybridized carbons (Fsp3) is 0.941. The lowest BCUT2D eigenvalue weighted by Crippen LogP contribution is -2.50. The van der Waals surface area contributed by atoms with Crippen LogP contribution in [0, 0.1) is 29.6 Å². The van der Waals surface area contributed by atoms with Crippen molar-refractivity contribution >= 4 is 6.03 Å². The first-order valence-corrected chi connectivity index (χ1v) is 8.67. The van der Waals surface area contributed by atoms with E-state index in [1.807, 2.05) is 0 Å². The first-order valence-electron chi connectivity index (χ1n) is 8.67.